The van der Waals surface area contributed by atoms with Gasteiger partial charge in [-0.25, -0.2) is 8.42 Å². The number of aryl methyl sites for hydroxylation is 3. The summed E-state index contributed by atoms with van der Waals surface area (Å²) in [5, 5.41) is 3.02. The van der Waals surface area contributed by atoms with Crippen LogP contribution in [0.4, 0.5) is 5.69 Å². The van der Waals surface area contributed by atoms with Crippen LogP contribution in [0.5, 0.6) is 11.5 Å². The average Bonchev–Trinajstić information content (AvgIpc) is 2.75. The van der Waals surface area contributed by atoms with Crippen molar-refractivity contribution in [3.63, 3.8) is 0 Å². The largest absolute Gasteiger partial charge is 0.493 e. The molecule has 2 aromatic carbocycles. The van der Waals surface area contributed by atoms with Crippen molar-refractivity contribution in [2.24, 2.45) is 5.92 Å². The minimum atomic E-state index is -3.76. The lowest BCUT2D eigenvalue weighted by atomic mass is 9.98. The second-order valence-electron chi connectivity index (χ2n) is 7.98. The molecule has 0 unspecified atom stereocenters. The molecule has 0 aromatic heterocycles. The van der Waals surface area contributed by atoms with Gasteiger partial charge in [0, 0.05) is 24.8 Å². The smallest absolute Gasteiger partial charge is 0.243 e. The van der Waals surface area contributed by atoms with Crippen LogP contribution in [-0.2, 0) is 14.8 Å². The topological polar surface area (TPSA) is 84.9 Å². The molecule has 1 atom stereocenters. The van der Waals surface area contributed by atoms with Crippen molar-refractivity contribution in [2.45, 2.75) is 38.5 Å². The molecule has 8 heteroatoms. The molecule has 0 saturated carbocycles. The number of carbonyl (C=O) groups is 1. The Labute approximate surface area is 184 Å². The molecule has 0 aliphatic carbocycles. The number of nitrogens with zero attached hydrogens (tertiary/aromatic N) is 1. The summed E-state index contributed by atoms with van der Waals surface area (Å²) in [7, 11) is -0.803. The van der Waals surface area contributed by atoms with E-state index in [1.165, 1.54) is 30.7 Å². The number of ether oxygens (including phenoxy) is 2. The predicted octanol–water partition coefficient (Wildman–Crippen LogP) is 3.67. The third kappa shape index (κ3) is 4.85. The maximum absolute atomic E-state index is 13.2. The van der Waals surface area contributed by atoms with Crippen LogP contribution in [0.2, 0.25) is 0 Å². The van der Waals surface area contributed by atoms with Gasteiger partial charge in [-0.15, -0.1) is 0 Å². The van der Waals surface area contributed by atoms with Gasteiger partial charge in [0.05, 0.1) is 25.0 Å². The lowest BCUT2D eigenvalue weighted by Crippen LogP contribution is -2.43. The molecule has 31 heavy (non-hydrogen) atoms. The molecule has 1 saturated heterocycles. The second kappa shape index (κ2) is 9.28. The normalized spacial score (nSPS) is 17.3. The number of sulfonamides is 1. The average molecular weight is 447 g/mol. The van der Waals surface area contributed by atoms with Crippen LogP contribution in [-0.4, -0.2) is 45.9 Å². The molecule has 3 rings (SSSR count). The van der Waals surface area contributed by atoms with Crippen LogP contribution in [0.25, 0.3) is 0 Å². The minimum absolute atomic E-state index is 0.122. The van der Waals surface area contributed by atoms with Crippen LogP contribution in [0, 0.1) is 26.7 Å². The summed E-state index contributed by atoms with van der Waals surface area (Å²) in [5.74, 6) is 0.243. The van der Waals surface area contributed by atoms with Crippen molar-refractivity contribution >= 4 is 21.6 Å². The molecule has 1 heterocycles. The van der Waals surface area contributed by atoms with E-state index in [2.05, 4.69) is 5.32 Å². The molecule has 1 N–H and O–H groups in total. The Kier molecular flexibility index (Phi) is 6.91. The van der Waals surface area contributed by atoms with Gasteiger partial charge in [-0.2, -0.15) is 4.31 Å². The second-order valence-corrected chi connectivity index (χ2v) is 9.92. The van der Waals surface area contributed by atoms with Gasteiger partial charge in [-0.1, -0.05) is 17.7 Å². The Morgan fingerprint density at radius 3 is 2.29 bits per heavy atom. The zero-order chi connectivity index (χ0) is 22.8. The van der Waals surface area contributed by atoms with E-state index in [-0.39, 0.29) is 17.3 Å². The van der Waals surface area contributed by atoms with Crippen molar-refractivity contribution in [1.82, 2.24) is 4.31 Å². The monoisotopic (exact) mass is 446 g/mol. The summed E-state index contributed by atoms with van der Waals surface area (Å²) in [4.78, 5) is 13.1. The third-order valence-corrected chi connectivity index (χ3v) is 7.53. The molecule has 1 aliphatic rings. The van der Waals surface area contributed by atoms with Gasteiger partial charge in [0.2, 0.25) is 15.9 Å². The fourth-order valence-electron chi connectivity index (χ4n) is 4.10. The summed E-state index contributed by atoms with van der Waals surface area (Å²) in [6.45, 7) is 6.47. The van der Waals surface area contributed by atoms with Gasteiger partial charge in [0.1, 0.15) is 0 Å². The van der Waals surface area contributed by atoms with E-state index in [4.69, 9.17) is 9.47 Å². The van der Waals surface area contributed by atoms with Crippen molar-refractivity contribution in [3.8, 4) is 11.5 Å². The molecule has 2 aromatic rings. The van der Waals surface area contributed by atoms with Crippen molar-refractivity contribution < 1.29 is 22.7 Å². The maximum atomic E-state index is 13.2. The summed E-state index contributed by atoms with van der Waals surface area (Å²) in [5.41, 5.74) is 3.93. The van der Waals surface area contributed by atoms with E-state index in [0.29, 0.717) is 30.9 Å². The van der Waals surface area contributed by atoms with Gasteiger partial charge in [0.15, 0.2) is 11.5 Å². The first kappa shape index (κ1) is 23.1. The van der Waals surface area contributed by atoms with E-state index in [9.17, 15) is 13.2 Å². The molecule has 1 fully saturated rings. The van der Waals surface area contributed by atoms with Crippen LogP contribution in [0.15, 0.2) is 35.2 Å². The Morgan fingerprint density at radius 2 is 1.68 bits per heavy atom. The Balaban J connectivity index is 1.79. The maximum Gasteiger partial charge on any atom is 0.243 e. The highest BCUT2D eigenvalue weighted by molar-refractivity contribution is 7.89. The number of rotatable bonds is 6. The number of hydrogen-bond acceptors (Lipinski definition) is 5. The molecular formula is C23H30N2O5S. The lowest BCUT2D eigenvalue weighted by Gasteiger charge is -2.31. The predicted molar refractivity (Wildman–Crippen MR) is 120 cm³/mol. The highest BCUT2D eigenvalue weighted by Crippen LogP contribution is 2.32. The van der Waals surface area contributed by atoms with Gasteiger partial charge in [-0.3, -0.25) is 4.79 Å². The number of benzene rings is 2. The van der Waals surface area contributed by atoms with Crippen LogP contribution in [0.1, 0.15) is 29.5 Å². The van der Waals surface area contributed by atoms with Crippen LogP contribution in [0.3, 0.4) is 0 Å². The molecular weight excluding hydrogens is 416 g/mol. The number of piperidine rings is 1. The first-order valence-electron chi connectivity index (χ1n) is 10.3. The number of methoxy groups -OCH3 is 2. The standard InChI is InChI=1S/C23H30N2O5S/c1-15-11-16(2)22(17(3)12-15)24-23(26)18-7-6-10-25(14-18)31(27,28)19-8-9-20(29-4)21(13-19)30-5/h8-9,11-13,18H,6-7,10,14H2,1-5H3,(H,24,26)/t18-/m0/s1. The van der Waals surface area contributed by atoms with E-state index < -0.39 is 15.9 Å². The van der Waals surface area contributed by atoms with Crippen LogP contribution < -0.4 is 14.8 Å². The molecule has 0 radical (unpaired) electrons. The number of hydrogen-bond donors (Lipinski definition) is 1. The minimum Gasteiger partial charge on any atom is -0.493 e. The van der Waals surface area contributed by atoms with E-state index in [0.717, 1.165) is 22.4 Å². The van der Waals surface area contributed by atoms with Gasteiger partial charge < -0.3 is 14.8 Å². The lowest BCUT2D eigenvalue weighted by molar-refractivity contribution is -0.120. The third-order valence-electron chi connectivity index (χ3n) is 5.67. The molecule has 7 nitrogen and oxygen atoms in total. The summed E-state index contributed by atoms with van der Waals surface area (Å²) in [6.07, 6.45) is 1.27. The fraction of sp³-hybridized carbons (Fsp3) is 0.435. The van der Waals surface area contributed by atoms with E-state index >= 15 is 0 Å². The van der Waals surface area contributed by atoms with E-state index in [1.54, 1.807) is 6.07 Å². The van der Waals surface area contributed by atoms with Crippen molar-refractivity contribution in [3.05, 3.63) is 47.0 Å². The summed E-state index contributed by atoms with van der Waals surface area (Å²) >= 11 is 0. The fourth-order valence-corrected chi connectivity index (χ4v) is 5.64. The Morgan fingerprint density at radius 1 is 1.03 bits per heavy atom. The summed E-state index contributed by atoms with van der Waals surface area (Å²) < 4.78 is 38.3. The van der Waals surface area contributed by atoms with Gasteiger partial charge >= 0.3 is 0 Å². The number of nitrogens with one attached hydrogen (secondary N) is 1. The van der Waals surface area contributed by atoms with Gasteiger partial charge in [0.25, 0.3) is 0 Å². The number of carbonyl (C=O) groups excluding carboxylic acids is 1. The summed E-state index contributed by atoms with van der Waals surface area (Å²) in [6, 6.07) is 8.58. The molecule has 168 valence electrons. The highest BCUT2D eigenvalue weighted by Gasteiger charge is 2.34. The zero-order valence-electron chi connectivity index (χ0n) is 18.7. The molecule has 1 aliphatic heterocycles. The SMILES string of the molecule is COc1ccc(S(=O)(=O)N2CCC[C@H](C(=O)Nc3c(C)cc(C)cc3C)C2)cc1OC. The number of amides is 1. The van der Waals surface area contributed by atoms with Crippen molar-refractivity contribution in [2.75, 3.05) is 32.6 Å². The zero-order valence-corrected chi connectivity index (χ0v) is 19.5. The quantitative estimate of drug-likeness (QED) is 0.732. The van der Waals surface area contributed by atoms with Gasteiger partial charge in [-0.05, 0) is 56.9 Å². The Hall–Kier alpha value is -2.58. The van der Waals surface area contributed by atoms with Crippen molar-refractivity contribution in [1.29, 1.82) is 0 Å². The Bertz CT molecular complexity index is 1060. The van der Waals surface area contributed by atoms with Crippen LogP contribution >= 0.6 is 0 Å². The molecule has 1 amide bonds. The molecule has 0 bridgehead atoms. The number of anilines is 1. The first-order chi connectivity index (χ1) is 14.7. The van der Waals surface area contributed by atoms with E-state index in [1.807, 2.05) is 32.9 Å². The first-order valence-corrected chi connectivity index (χ1v) is 11.7. The highest BCUT2D eigenvalue weighted by atomic mass is 32.2. The molecule has 0 spiro atoms.